The second kappa shape index (κ2) is 11.2. The van der Waals surface area contributed by atoms with Crippen molar-refractivity contribution in [1.29, 1.82) is 0 Å². The van der Waals surface area contributed by atoms with E-state index in [-0.39, 0.29) is 35.2 Å². The first kappa shape index (κ1) is 27.0. The van der Waals surface area contributed by atoms with E-state index in [1.165, 1.54) is 63.7 Å². The number of aromatic hydroxyl groups is 1. The van der Waals surface area contributed by atoms with Crippen molar-refractivity contribution >= 4 is 23.2 Å². The van der Waals surface area contributed by atoms with Crippen LogP contribution in [0.2, 0.25) is 0 Å². The van der Waals surface area contributed by atoms with Crippen molar-refractivity contribution < 1.29 is 38.6 Å². The molecule has 2 amide bonds. The Bertz CT molecular complexity index is 1380. The number of phenolic OH excluding ortho intramolecular Hbond substituents is 1. The largest absolute Gasteiger partial charge is 0.504 e. The number of ether oxygens (including phenoxy) is 4. The van der Waals surface area contributed by atoms with E-state index in [4.69, 9.17) is 18.9 Å². The lowest BCUT2D eigenvalue weighted by atomic mass is 9.81. The van der Waals surface area contributed by atoms with Crippen LogP contribution in [-0.4, -0.2) is 56.8 Å². The molecule has 2 N–H and O–H groups in total. The molecule has 4 rings (SSSR count). The zero-order valence-electron chi connectivity index (χ0n) is 21.7. The standard InChI is InChI=1S/C27H27N3O9/c1-36-21-10-7-16(11-20(21)31)24-19(14-28-26(32)15-5-8-17(9-6-15)30(34)35)27(33)29(24)18-12-22(37-2)25(39-4)23(13-18)38-3/h5-13,19,24,31H,14H2,1-4H3,(H,28,32)/t19-,24-/m0/s1. The average Bonchev–Trinajstić information content (AvgIpc) is 2.94. The highest BCUT2D eigenvalue weighted by Gasteiger charge is 2.49. The Morgan fingerprint density at radius 2 is 1.56 bits per heavy atom. The molecule has 1 fully saturated rings. The van der Waals surface area contributed by atoms with E-state index in [2.05, 4.69) is 5.32 Å². The lowest BCUT2D eigenvalue weighted by Crippen LogP contribution is -2.58. The van der Waals surface area contributed by atoms with Gasteiger partial charge in [0.25, 0.3) is 11.6 Å². The van der Waals surface area contributed by atoms with Crippen LogP contribution in [0.3, 0.4) is 0 Å². The Morgan fingerprint density at radius 3 is 2.08 bits per heavy atom. The number of carbonyl (C=O) groups is 2. The molecule has 1 aliphatic heterocycles. The number of non-ortho nitro benzene ring substituents is 1. The van der Waals surface area contributed by atoms with Gasteiger partial charge in [-0.1, -0.05) is 6.07 Å². The lowest BCUT2D eigenvalue weighted by molar-refractivity contribution is -0.384. The molecule has 1 heterocycles. The summed E-state index contributed by atoms with van der Waals surface area (Å²) < 4.78 is 21.4. The molecule has 0 saturated carbocycles. The van der Waals surface area contributed by atoms with Gasteiger partial charge in [0.2, 0.25) is 11.7 Å². The van der Waals surface area contributed by atoms with Crippen LogP contribution in [0.4, 0.5) is 11.4 Å². The smallest absolute Gasteiger partial charge is 0.269 e. The molecule has 3 aromatic carbocycles. The van der Waals surface area contributed by atoms with Crippen molar-refractivity contribution in [1.82, 2.24) is 5.32 Å². The van der Waals surface area contributed by atoms with Crippen LogP contribution >= 0.6 is 0 Å². The molecule has 0 bridgehead atoms. The molecule has 0 radical (unpaired) electrons. The normalized spacial score (nSPS) is 16.2. The van der Waals surface area contributed by atoms with Crippen LogP contribution in [0, 0.1) is 16.0 Å². The summed E-state index contributed by atoms with van der Waals surface area (Å²) in [7, 11) is 5.84. The van der Waals surface area contributed by atoms with Gasteiger partial charge in [0.05, 0.1) is 51.0 Å². The van der Waals surface area contributed by atoms with E-state index in [0.717, 1.165) is 0 Å². The van der Waals surface area contributed by atoms with Crippen molar-refractivity contribution in [3.63, 3.8) is 0 Å². The van der Waals surface area contributed by atoms with Gasteiger partial charge in [-0.2, -0.15) is 0 Å². The second-order valence-corrected chi connectivity index (χ2v) is 8.59. The fraction of sp³-hybridized carbons (Fsp3) is 0.259. The zero-order valence-corrected chi connectivity index (χ0v) is 21.7. The monoisotopic (exact) mass is 537 g/mol. The SMILES string of the molecule is COc1ccc([C@H]2[C@H](CNC(=O)c3ccc([N+](=O)[O-])cc3)C(=O)N2c2cc(OC)c(OC)c(OC)c2)cc1O. The number of phenols is 1. The Balaban J connectivity index is 1.65. The van der Waals surface area contributed by atoms with Crippen molar-refractivity contribution in [3.8, 4) is 28.7 Å². The van der Waals surface area contributed by atoms with Crippen LogP contribution in [0.5, 0.6) is 28.7 Å². The molecule has 39 heavy (non-hydrogen) atoms. The number of methoxy groups -OCH3 is 4. The maximum Gasteiger partial charge on any atom is 0.269 e. The predicted molar refractivity (Wildman–Crippen MR) is 140 cm³/mol. The second-order valence-electron chi connectivity index (χ2n) is 8.59. The highest BCUT2D eigenvalue weighted by molar-refractivity contribution is 6.04. The first-order chi connectivity index (χ1) is 18.7. The number of nitrogens with one attached hydrogen (secondary N) is 1. The summed E-state index contributed by atoms with van der Waals surface area (Å²) in [5.41, 5.74) is 1.15. The number of hydrogen-bond donors (Lipinski definition) is 2. The number of nitro groups is 1. The lowest BCUT2D eigenvalue weighted by Gasteiger charge is -2.47. The summed E-state index contributed by atoms with van der Waals surface area (Å²) in [5, 5.41) is 24.1. The molecule has 204 valence electrons. The van der Waals surface area contributed by atoms with E-state index in [1.807, 2.05) is 0 Å². The Morgan fingerprint density at radius 1 is 0.949 bits per heavy atom. The molecule has 12 nitrogen and oxygen atoms in total. The van der Waals surface area contributed by atoms with E-state index in [1.54, 1.807) is 24.3 Å². The first-order valence-electron chi connectivity index (χ1n) is 11.8. The third-order valence-electron chi connectivity index (χ3n) is 6.51. The van der Waals surface area contributed by atoms with Crippen molar-refractivity contribution in [3.05, 3.63) is 75.8 Å². The third-order valence-corrected chi connectivity index (χ3v) is 6.51. The predicted octanol–water partition coefficient (Wildman–Crippen LogP) is 3.47. The van der Waals surface area contributed by atoms with Gasteiger partial charge in [-0.05, 0) is 29.8 Å². The molecule has 1 saturated heterocycles. The minimum atomic E-state index is -0.682. The maximum atomic E-state index is 13.5. The van der Waals surface area contributed by atoms with Gasteiger partial charge in [0.1, 0.15) is 0 Å². The van der Waals surface area contributed by atoms with Gasteiger partial charge in [0, 0.05) is 36.4 Å². The molecule has 12 heteroatoms. The summed E-state index contributed by atoms with van der Waals surface area (Å²) >= 11 is 0. The summed E-state index contributed by atoms with van der Waals surface area (Å²) in [6.45, 7) is -0.0208. The summed E-state index contributed by atoms with van der Waals surface area (Å²) in [5.74, 6) is -0.216. The number of nitro benzene ring substituents is 1. The van der Waals surface area contributed by atoms with Gasteiger partial charge < -0.3 is 34.3 Å². The fourth-order valence-corrected chi connectivity index (χ4v) is 4.55. The fourth-order valence-electron chi connectivity index (χ4n) is 4.55. The molecule has 0 spiro atoms. The van der Waals surface area contributed by atoms with Crippen LogP contribution in [0.1, 0.15) is 22.0 Å². The molecule has 0 aliphatic carbocycles. The Kier molecular flexibility index (Phi) is 7.75. The number of benzene rings is 3. The number of rotatable bonds is 10. The highest BCUT2D eigenvalue weighted by atomic mass is 16.6. The van der Waals surface area contributed by atoms with Gasteiger partial charge in [-0.15, -0.1) is 0 Å². The molecule has 0 unspecified atom stereocenters. The van der Waals surface area contributed by atoms with E-state index < -0.39 is 22.8 Å². The van der Waals surface area contributed by atoms with Crippen molar-refractivity contribution in [2.45, 2.75) is 6.04 Å². The number of carbonyl (C=O) groups excluding carboxylic acids is 2. The van der Waals surface area contributed by atoms with Crippen LogP contribution in [-0.2, 0) is 4.79 Å². The van der Waals surface area contributed by atoms with E-state index in [9.17, 15) is 24.8 Å². The van der Waals surface area contributed by atoms with Gasteiger partial charge in [-0.25, -0.2) is 0 Å². The summed E-state index contributed by atoms with van der Waals surface area (Å²) in [6.07, 6.45) is 0. The number of β-lactam (4-membered cyclic amide) rings is 1. The van der Waals surface area contributed by atoms with Gasteiger partial charge >= 0.3 is 0 Å². The number of amides is 2. The topological polar surface area (TPSA) is 150 Å². The van der Waals surface area contributed by atoms with Gasteiger partial charge in [-0.3, -0.25) is 19.7 Å². The molecular formula is C27H27N3O9. The Hall–Kier alpha value is -5.00. The Labute approximate surface area is 223 Å². The molecule has 2 atom stereocenters. The van der Waals surface area contributed by atoms with Crippen molar-refractivity contribution in [2.24, 2.45) is 5.92 Å². The van der Waals surface area contributed by atoms with E-state index in [0.29, 0.717) is 28.5 Å². The number of anilines is 1. The van der Waals surface area contributed by atoms with Crippen LogP contribution in [0.25, 0.3) is 0 Å². The summed E-state index contributed by atoms with van der Waals surface area (Å²) in [6, 6.07) is 12.7. The number of nitrogens with zero attached hydrogens (tertiary/aromatic N) is 2. The quantitative estimate of drug-likeness (QED) is 0.225. The van der Waals surface area contributed by atoms with E-state index >= 15 is 0 Å². The maximum absolute atomic E-state index is 13.5. The van der Waals surface area contributed by atoms with Crippen LogP contribution in [0.15, 0.2) is 54.6 Å². The van der Waals surface area contributed by atoms with Crippen LogP contribution < -0.4 is 29.2 Å². The average molecular weight is 538 g/mol. The minimum absolute atomic E-state index is 0.0208. The van der Waals surface area contributed by atoms with Gasteiger partial charge in [0.15, 0.2) is 23.0 Å². The molecule has 1 aliphatic rings. The molecule has 0 aromatic heterocycles. The van der Waals surface area contributed by atoms with Crippen molar-refractivity contribution in [2.75, 3.05) is 39.9 Å². The summed E-state index contributed by atoms with van der Waals surface area (Å²) in [4.78, 5) is 38.1. The molecule has 3 aromatic rings. The third kappa shape index (κ3) is 5.08. The molecular weight excluding hydrogens is 510 g/mol. The first-order valence-corrected chi connectivity index (χ1v) is 11.8. The number of hydrogen-bond acceptors (Lipinski definition) is 9. The highest BCUT2D eigenvalue weighted by Crippen LogP contribution is 2.49. The minimum Gasteiger partial charge on any atom is -0.504 e. The zero-order chi connectivity index (χ0) is 28.3.